The highest BCUT2D eigenvalue weighted by Crippen LogP contribution is 2.17. The quantitative estimate of drug-likeness (QED) is 0.329. The van der Waals surface area contributed by atoms with Crippen molar-refractivity contribution in [1.29, 1.82) is 0 Å². The van der Waals surface area contributed by atoms with Crippen molar-refractivity contribution in [2.45, 2.75) is 0 Å². The predicted octanol–water partition coefficient (Wildman–Crippen LogP) is 1.54. The minimum absolute atomic E-state index is 0.0834. The van der Waals surface area contributed by atoms with Crippen molar-refractivity contribution in [2.24, 2.45) is 0 Å². The van der Waals surface area contributed by atoms with E-state index in [0.717, 1.165) is 0 Å². The lowest BCUT2D eigenvalue weighted by Crippen LogP contribution is -3.04. The fourth-order valence-electron chi connectivity index (χ4n) is 1.51. The standard InChI is InChI=1S/C13H11NO8/c15-13(22-18)19-10-3-1-9(2-4-10)14(16)20-11-5-7-12(21-17)8-6-11/h1-8,14,17-18H. The Kier molecular flexibility index (Phi) is 5.11. The van der Waals surface area contributed by atoms with Gasteiger partial charge in [0.05, 0.1) is 0 Å². The number of benzene rings is 2. The number of hydrogen-bond donors (Lipinski definition) is 3. The molecule has 3 N–H and O–H groups in total. The molecule has 2 aromatic carbocycles. The normalized spacial score (nSPS) is 11.4. The van der Waals surface area contributed by atoms with E-state index in [9.17, 15) is 10.0 Å². The molecule has 2 aromatic rings. The summed E-state index contributed by atoms with van der Waals surface area (Å²) in [6.45, 7) is 0. The van der Waals surface area contributed by atoms with E-state index in [1.807, 2.05) is 0 Å². The summed E-state index contributed by atoms with van der Waals surface area (Å²) in [5, 5.41) is 27.7. The van der Waals surface area contributed by atoms with Crippen LogP contribution in [0.3, 0.4) is 0 Å². The molecule has 0 aromatic heterocycles. The Morgan fingerprint density at radius 2 is 1.45 bits per heavy atom. The molecule has 0 fully saturated rings. The summed E-state index contributed by atoms with van der Waals surface area (Å²) < 4.78 is 4.54. The largest absolute Gasteiger partial charge is 0.585 e. The number of carbonyl (C=O) groups excluding carboxylic acids is 1. The zero-order valence-corrected chi connectivity index (χ0v) is 11.0. The second-order valence-electron chi connectivity index (χ2n) is 3.92. The first kappa shape index (κ1) is 15.5. The van der Waals surface area contributed by atoms with Crippen molar-refractivity contribution < 1.29 is 39.9 Å². The van der Waals surface area contributed by atoms with E-state index < -0.39 is 11.4 Å². The van der Waals surface area contributed by atoms with Crippen molar-refractivity contribution in [3.63, 3.8) is 0 Å². The molecule has 1 unspecified atom stereocenters. The van der Waals surface area contributed by atoms with Gasteiger partial charge < -0.3 is 19.7 Å². The summed E-state index contributed by atoms with van der Waals surface area (Å²) in [5.74, 6) is 0.548. The van der Waals surface area contributed by atoms with E-state index >= 15 is 0 Å². The Balaban J connectivity index is 1.99. The Labute approximate surface area is 123 Å². The van der Waals surface area contributed by atoms with Crippen LogP contribution >= 0.6 is 0 Å². The number of carbonyl (C=O) groups is 1. The number of quaternary nitrogens is 1. The van der Waals surface area contributed by atoms with Gasteiger partial charge in [0, 0.05) is 12.1 Å². The van der Waals surface area contributed by atoms with Gasteiger partial charge in [-0.1, -0.05) is 0 Å². The lowest BCUT2D eigenvalue weighted by molar-refractivity contribution is -0.963. The molecule has 2 rings (SSSR count). The van der Waals surface area contributed by atoms with Crippen LogP contribution in [-0.4, -0.2) is 16.7 Å². The average Bonchev–Trinajstić information content (AvgIpc) is 2.56. The van der Waals surface area contributed by atoms with Gasteiger partial charge >= 0.3 is 6.16 Å². The fraction of sp³-hybridized carbons (Fsp3) is 0. The van der Waals surface area contributed by atoms with E-state index in [-0.39, 0.29) is 22.9 Å². The van der Waals surface area contributed by atoms with Gasteiger partial charge in [0.25, 0.3) is 0 Å². The Hall–Kier alpha value is -2.85. The molecule has 0 amide bonds. The van der Waals surface area contributed by atoms with Crippen molar-refractivity contribution in [3.05, 3.63) is 53.7 Å². The smallest absolute Gasteiger partial charge is 0.545 e. The number of rotatable bonds is 5. The molecular weight excluding hydrogens is 298 g/mol. The van der Waals surface area contributed by atoms with Gasteiger partial charge in [-0.05, 0) is 36.4 Å². The van der Waals surface area contributed by atoms with Crippen LogP contribution in [0.4, 0.5) is 10.5 Å². The third-order valence-electron chi connectivity index (χ3n) is 2.51. The minimum Gasteiger partial charge on any atom is -0.585 e. The van der Waals surface area contributed by atoms with E-state index in [2.05, 4.69) is 14.5 Å². The molecule has 0 aliphatic heterocycles. The first-order chi connectivity index (χ1) is 10.6. The average molecular weight is 309 g/mol. The Bertz CT molecular complexity index is 613. The van der Waals surface area contributed by atoms with Gasteiger partial charge in [0.15, 0.2) is 17.2 Å². The van der Waals surface area contributed by atoms with Crippen LogP contribution in [-0.2, 0) is 4.89 Å². The second-order valence-corrected chi connectivity index (χ2v) is 3.92. The maximum atomic E-state index is 11.9. The minimum atomic E-state index is -1.29. The molecule has 0 saturated carbocycles. The Morgan fingerprint density at radius 1 is 0.909 bits per heavy atom. The highest BCUT2D eigenvalue weighted by atomic mass is 17.1. The first-order valence-corrected chi connectivity index (χ1v) is 5.89. The summed E-state index contributed by atoms with van der Waals surface area (Å²) in [6, 6.07) is 11.1. The fourth-order valence-corrected chi connectivity index (χ4v) is 1.51. The molecule has 1 atom stereocenters. The van der Waals surface area contributed by atoms with Crippen LogP contribution < -0.4 is 19.7 Å². The third kappa shape index (κ3) is 4.07. The van der Waals surface area contributed by atoms with Crippen LogP contribution in [0, 0.1) is 5.21 Å². The van der Waals surface area contributed by atoms with E-state index in [4.69, 9.17) is 15.4 Å². The predicted molar refractivity (Wildman–Crippen MR) is 70.5 cm³/mol. The van der Waals surface area contributed by atoms with Crippen molar-refractivity contribution >= 4 is 11.8 Å². The summed E-state index contributed by atoms with van der Waals surface area (Å²) in [6.07, 6.45) is -1.29. The molecule has 22 heavy (non-hydrogen) atoms. The maximum absolute atomic E-state index is 11.9. The number of hydrogen-bond acceptors (Lipinski definition) is 8. The van der Waals surface area contributed by atoms with Gasteiger partial charge in [0.2, 0.25) is 0 Å². The molecule has 116 valence electrons. The van der Waals surface area contributed by atoms with Gasteiger partial charge in [-0.15, -0.1) is 5.23 Å². The molecule has 0 spiro atoms. The lowest BCUT2D eigenvalue weighted by Gasteiger charge is -2.19. The molecule has 9 heteroatoms. The second kappa shape index (κ2) is 7.24. The van der Waals surface area contributed by atoms with E-state index in [1.165, 1.54) is 48.5 Å². The van der Waals surface area contributed by atoms with Gasteiger partial charge in [-0.25, -0.2) is 10.1 Å². The lowest BCUT2D eigenvalue weighted by atomic mass is 10.3. The SMILES string of the molecule is O=C(OO)Oc1ccc([NH+]([O-])Oc2ccc(OO)cc2)cc1. The topological polar surface area (TPSA) is 122 Å². The zero-order valence-electron chi connectivity index (χ0n) is 11.0. The Morgan fingerprint density at radius 3 is 2.00 bits per heavy atom. The molecule has 0 bridgehead atoms. The van der Waals surface area contributed by atoms with Crippen LogP contribution in [0.25, 0.3) is 0 Å². The highest BCUT2D eigenvalue weighted by molar-refractivity contribution is 5.63. The summed E-state index contributed by atoms with van der Waals surface area (Å²) in [5.41, 5.74) is 0.215. The van der Waals surface area contributed by atoms with Crippen LogP contribution in [0.15, 0.2) is 48.5 Å². The summed E-state index contributed by atoms with van der Waals surface area (Å²) in [7, 11) is 0. The van der Waals surface area contributed by atoms with Crippen molar-refractivity contribution in [1.82, 2.24) is 0 Å². The molecule has 0 aliphatic rings. The van der Waals surface area contributed by atoms with Crippen LogP contribution in [0.5, 0.6) is 17.2 Å². The number of ether oxygens (including phenoxy) is 1. The summed E-state index contributed by atoms with van der Waals surface area (Å²) >= 11 is 0. The molecule has 0 radical (unpaired) electrons. The van der Waals surface area contributed by atoms with Crippen LogP contribution in [0.1, 0.15) is 0 Å². The monoisotopic (exact) mass is 309 g/mol. The number of nitrogens with one attached hydrogen (secondary N) is 1. The van der Waals surface area contributed by atoms with Crippen molar-refractivity contribution in [2.75, 3.05) is 0 Å². The van der Waals surface area contributed by atoms with Crippen molar-refractivity contribution in [3.8, 4) is 17.2 Å². The maximum Gasteiger partial charge on any atom is 0.545 e. The van der Waals surface area contributed by atoms with Crippen LogP contribution in [0.2, 0.25) is 0 Å². The third-order valence-corrected chi connectivity index (χ3v) is 2.51. The van der Waals surface area contributed by atoms with Gasteiger partial charge in [-0.2, -0.15) is 5.26 Å². The highest BCUT2D eigenvalue weighted by Gasteiger charge is 2.09. The molecule has 0 saturated heterocycles. The van der Waals surface area contributed by atoms with E-state index in [1.54, 1.807) is 0 Å². The van der Waals surface area contributed by atoms with Gasteiger partial charge in [0.1, 0.15) is 5.75 Å². The molecule has 0 heterocycles. The van der Waals surface area contributed by atoms with E-state index in [0.29, 0.717) is 0 Å². The van der Waals surface area contributed by atoms with Gasteiger partial charge in [-0.3, -0.25) is 4.89 Å². The molecule has 0 aliphatic carbocycles. The molecular formula is C13H11NO8. The first-order valence-electron chi connectivity index (χ1n) is 5.89. The summed E-state index contributed by atoms with van der Waals surface area (Å²) in [4.78, 5) is 23.1. The zero-order chi connectivity index (χ0) is 15.9. The molecule has 9 nitrogen and oxygen atoms in total.